The van der Waals surface area contributed by atoms with Crippen LogP contribution in [-0.4, -0.2) is 78.8 Å². The topological polar surface area (TPSA) is 91.0 Å². The number of methoxy groups -OCH3 is 1. The standard InChI is InChI=1S/C25H36N4O4S/c1-20-6-4-7-22(18-20)29-15-13-28(14-16-29)12-5-10-26-25(30)24-19-23(9-8-21(24)2)34(31,32)27-11-17-33-3/h4,6-9,18-19,27H,5,10-17H2,1-3H3,(H,26,30). The van der Waals surface area contributed by atoms with Crippen LogP contribution in [0.2, 0.25) is 0 Å². The van der Waals surface area contributed by atoms with Gasteiger partial charge in [-0.1, -0.05) is 18.2 Å². The fourth-order valence-corrected chi connectivity index (χ4v) is 5.07. The number of carbonyl (C=O) groups excluding carboxylic acids is 1. The van der Waals surface area contributed by atoms with E-state index in [1.807, 2.05) is 0 Å². The fraction of sp³-hybridized carbons (Fsp3) is 0.480. The number of rotatable bonds is 11. The van der Waals surface area contributed by atoms with Crippen molar-refractivity contribution in [1.82, 2.24) is 14.9 Å². The lowest BCUT2D eigenvalue weighted by molar-refractivity contribution is 0.0950. The molecule has 1 aliphatic heterocycles. The second-order valence-corrected chi connectivity index (χ2v) is 10.4. The molecule has 2 aromatic rings. The van der Waals surface area contributed by atoms with Gasteiger partial charge in [-0.2, -0.15) is 0 Å². The Bertz CT molecular complexity index is 1070. The van der Waals surface area contributed by atoms with Crippen LogP contribution in [0.3, 0.4) is 0 Å². The molecule has 1 heterocycles. The van der Waals surface area contributed by atoms with Crippen molar-refractivity contribution in [3.63, 3.8) is 0 Å². The fourth-order valence-electron chi connectivity index (χ4n) is 4.03. The normalized spacial score (nSPS) is 14.9. The van der Waals surface area contributed by atoms with Crippen molar-refractivity contribution in [3.8, 4) is 0 Å². The lowest BCUT2D eigenvalue weighted by Crippen LogP contribution is -2.47. The van der Waals surface area contributed by atoms with Gasteiger partial charge in [0.05, 0.1) is 11.5 Å². The number of amides is 1. The van der Waals surface area contributed by atoms with Crippen LogP contribution < -0.4 is 14.9 Å². The Kier molecular flexibility index (Phi) is 9.46. The minimum Gasteiger partial charge on any atom is -0.383 e. The molecule has 9 heteroatoms. The summed E-state index contributed by atoms with van der Waals surface area (Å²) in [4.78, 5) is 17.6. The van der Waals surface area contributed by atoms with Crippen molar-refractivity contribution in [2.45, 2.75) is 25.2 Å². The molecule has 0 radical (unpaired) electrons. The molecule has 2 aromatic carbocycles. The molecule has 0 aromatic heterocycles. The highest BCUT2D eigenvalue weighted by Gasteiger charge is 2.19. The van der Waals surface area contributed by atoms with Crippen molar-refractivity contribution in [2.75, 3.05) is 64.4 Å². The average molecular weight is 489 g/mol. The van der Waals surface area contributed by atoms with E-state index >= 15 is 0 Å². The third kappa shape index (κ3) is 7.27. The first-order chi connectivity index (χ1) is 16.3. The highest BCUT2D eigenvalue weighted by molar-refractivity contribution is 7.89. The number of hydrogen-bond acceptors (Lipinski definition) is 6. The third-order valence-electron chi connectivity index (χ3n) is 6.04. The summed E-state index contributed by atoms with van der Waals surface area (Å²) in [6.07, 6.45) is 0.839. The molecular formula is C25H36N4O4S. The minimum atomic E-state index is -3.69. The maximum atomic E-state index is 12.7. The van der Waals surface area contributed by atoms with Crippen LogP contribution in [0, 0.1) is 13.8 Å². The predicted molar refractivity (Wildman–Crippen MR) is 135 cm³/mol. The van der Waals surface area contributed by atoms with Gasteiger partial charge in [0.15, 0.2) is 0 Å². The number of hydrogen-bond donors (Lipinski definition) is 2. The molecule has 186 valence electrons. The molecular weight excluding hydrogens is 452 g/mol. The van der Waals surface area contributed by atoms with E-state index < -0.39 is 10.0 Å². The smallest absolute Gasteiger partial charge is 0.251 e. The molecule has 1 saturated heterocycles. The summed E-state index contributed by atoms with van der Waals surface area (Å²) >= 11 is 0. The molecule has 1 fully saturated rings. The van der Waals surface area contributed by atoms with E-state index in [4.69, 9.17) is 4.74 Å². The maximum Gasteiger partial charge on any atom is 0.251 e. The molecule has 0 atom stereocenters. The van der Waals surface area contributed by atoms with Crippen molar-refractivity contribution >= 4 is 21.6 Å². The number of benzene rings is 2. The van der Waals surface area contributed by atoms with E-state index in [1.54, 1.807) is 13.0 Å². The number of sulfonamides is 1. The van der Waals surface area contributed by atoms with E-state index in [0.29, 0.717) is 12.1 Å². The zero-order valence-corrected chi connectivity index (χ0v) is 21.2. The summed E-state index contributed by atoms with van der Waals surface area (Å²) in [6, 6.07) is 13.2. The number of anilines is 1. The Morgan fingerprint density at radius 3 is 2.50 bits per heavy atom. The Hall–Kier alpha value is -2.46. The van der Waals surface area contributed by atoms with Gasteiger partial charge in [-0.15, -0.1) is 0 Å². The summed E-state index contributed by atoms with van der Waals surface area (Å²) < 4.78 is 32.3. The summed E-state index contributed by atoms with van der Waals surface area (Å²) in [5.74, 6) is -0.254. The van der Waals surface area contributed by atoms with Crippen LogP contribution in [0.4, 0.5) is 5.69 Å². The van der Waals surface area contributed by atoms with Crippen molar-refractivity contribution in [2.24, 2.45) is 0 Å². The number of nitrogens with zero attached hydrogens (tertiary/aromatic N) is 2. The summed E-state index contributed by atoms with van der Waals surface area (Å²) in [5, 5.41) is 2.94. The zero-order valence-electron chi connectivity index (χ0n) is 20.3. The SMILES string of the molecule is COCCNS(=O)(=O)c1ccc(C)c(C(=O)NCCCN2CCN(c3cccc(C)c3)CC2)c1. The number of aryl methyl sites for hydroxylation is 2. The molecule has 8 nitrogen and oxygen atoms in total. The first-order valence-corrected chi connectivity index (χ1v) is 13.2. The Labute approximate surface area is 203 Å². The first-order valence-electron chi connectivity index (χ1n) is 11.7. The summed E-state index contributed by atoms with van der Waals surface area (Å²) in [6.45, 7) is 9.81. The Morgan fingerprint density at radius 2 is 1.79 bits per heavy atom. The lowest BCUT2D eigenvalue weighted by atomic mass is 10.1. The van der Waals surface area contributed by atoms with Crippen LogP contribution in [0.1, 0.15) is 27.9 Å². The van der Waals surface area contributed by atoms with Crippen LogP contribution in [-0.2, 0) is 14.8 Å². The van der Waals surface area contributed by atoms with Gasteiger partial charge in [-0.25, -0.2) is 13.1 Å². The first kappa shape index (κ1) is 26.2. The van der Waals surface area contributed by atoms with E-state index in [2.05, 4.69) is 51.0 Å². The number of piperazine rings is 1. The van der Waals surface area contributed by atoms with Crippen LogP contribution in [0.5, 0.6) is 0 Å². The average Bonchev–Trinajstić information content (AvgIpc) is 2.82. The van der Waals surface area contributed by atoms with Gasteiger partial charge in [-0.05, 0) is 62.2 Å². The third-order valence-corrected chi connectivity index (χ3v) is 7.50. The summed E-state index contributed by atoms with van der Waals surface area (Å²) in [7, 11) is -2.18. The summed E-state index contributed by atoms with van der Waals surface area (Å²) in [5.41, 5.74) is 3.67. The van der Waals surface area contributed by atoms with Gasteiger partial charge in [0.25, 0.3) is 5.91 Å². The van der Waals surface area contributed by atoms with Crippen molar-refractivity contribution in [1.29, 1.82) is 0 Å². The van der Waals surface area contributed by atoms with E-state index in [-0.39, 0.29) is 24.0 Å². The van der Waals surface area contributed by atoms with Crippen LogP contribution in [0.25, 0.3) is 0 Å². The van der Waals surface area contributed by atoms with Crippen molar-refractivity contribution < 1.29 is 17.9 Å². The molecule has 0 aliphatic carbocycles. The van der Waals surface area contributed by atoms with Gasteiger partial charge in [-0.3, -0.25) is 9.69 Å². The molecule has 1 aliphatic rings. The molecule has 2 N–H and O–H groups in total. The lowest BCUT2D eigenvalue weighted by Gasteiger charge is -2.36. The molecule has 0 spiro atoms. The quantitative estimate of drug-likeness (QED) is 0.471. The largest absolute Gasteiger partial charge is 0.383 e. The van der Waals surface area contributed by atoms with Crippen LogP contribution in [0.15, 0.2) is 47.4 Å². The van der Waals surface area contributed by atoms with Gasteiger partial charge >= 0.3 is 0 Å². The number of ether oxygens (including phenoxy) is 1. The number of nitrogens with one attached hydrogen (secondary N) is 2. The maximum absolute atomic E-state index is 12.7. The van der Waals surface area contributed by atoms with Gasteiger partial charge in [0.2, 0.25) is 10.0 Å². The minimum absolute atomic E-state index is 0.0748. The Morgan fingerprint density at radius 1 is 1.03 bits per heavy atom. The molecule has 0 saturated carbocycles. The van der Waals surface area contributed by atoms with E-state index in [1.165, 1.54) is 30.5 Å². The van der Waals surface area contributed by atoms with Crippen molar-refractivity contribution in [3.05, 3.63) is 59.2 Å². The predicted octanol–water partition coefficient (Wildman–Crippen LogP) is 2.17. The van der Waals surface area contributed by atoms with Crippen LogP contribution >= 0.6 is 0 Å². The monoisotopic (exact) mass is 488 g/mol. The molecule has 0 unspecified atom stereocenters. The molecule has 0 bridgehead atoms. The second-order valence-electron chi connectivity index (χ2n) is 8.64. The van der Waals surface area contributed by atoms with Gasteiger partial charge in [0, 0.05) is 57.6 Å². The molecule has 34 heavy (non-hydrogen) atoms. The molecule has 3 rings (SSSR count). The van der Waals surface area contributed by atoms with Gasteiger partial charge < -0.3 is 15.0 Å². The highest BCUT2D eigenvalue weighted by atomic mass is 32.2. The van der Waals surface area contributed by atoms with E-state index in [9.17, 15) is 13.2 Å². The highest BCUT2D eigenvalue weighted by Crippen LogP contribution is 2.18. The van der Waals surface area contributed by atoms with Gasteiger partial charge in [0.1, 0.15) is 0 Å². The number of carbonyl (C=O) groups is 1. The zero-order chi connectivity index (χ0) is 24.6. The Balaban J connectivity index is 1.44. The van der Waals surface area contributed by atoms with E-state index in [0.717, 1.165) is 44.7 Å². The second kappa shape index (κ2) is 12.3. The molecule has 1 amide bonds.